The van der Waals surface area contributed by atoms with Crippen molar-refractivity contribution in [3.63, 3.8) is 0 Å². The molecule has 2 aromatic rings. The Morgan fingerprint density at radius 2 is 2.22 bits per heavy atom. The van der Waals surface area contributed by atoms with Gasteiger partial charge in [0.2, 0.25) is 0 Å². The molecule has 2 heterocycles. The van der Waals surface area contributed by atoms with Crippen molar-refractivity contribution in [2.45, 2.75) is 25.3 Å². The quantitative estimate of drug-likeness (QED) is 0.897. The van der Waals surface area contributed by atoms with Crippen molar-refractivity contribution in [2.75, 3.05) is 5.32 Å². The first-order chi connectivity index (χ1) is 8.84. The van der Waals surface area contributed by atoms with Crippen molar-refractivity contribution < 1.29 is 4.39 Å². The lowest BCUT2D eigenvalue weighted by molar-refractivity contribution is 0.595. The average Bonchev–Trinajstić information content (AvgIpc) is 3.23. The van der Waals surface area contributed by atoms with Crippen molar-refractivity contribution in [2.24, 2.45) is 0 Å². The fourth-order valence-corrected chi connectivity index (χ4v) is 1.84. The van der Waals surface area contributed by atoms with Crippen LogP contribution in [0.25, 0.3) is 0 Å². The summed E-state index contributed by atoms with van der Waals surface area (Å²) in [5, 5.41) is 2.99. The summed E-state index contributed by atoms with van der Waals surface area (Å²) in [5.74, 6) is 0.242. The first kappa shape index (κ1) is 11.1. The van der Waals surface area contributed by atoms with E-state index in [2.05, 4.69) is 20.3 Å². The Morgan fingerprint density at radius 3 is 2.94 bits per heavy atom. The van der Waals surface area contributed by atoms with Crippen molar-refractivity contribution in [1.29, 1.82) is 0 Å². The van der Waals surface area contributed by atoms with E-state index >= 15 is 0 Å². The molecule has 0 atom stereocenters. The fourth-order valence-electron chi connectivity index (χ4n) is 1.84. The number of nitrogens with one attached hydrogen (secondary N) is 1. The molecule has 0 radical (unpaired) electrons. The van der Waals surface area contributed by atoms with Crippen LogP contribution in [0.3, 0.4) is 0 Å². The van der Waals surface area contributed by atoms with Gasteiger partial charge in [-0.25, -0.2) is 14.4 Å². The first-order valence-corrected chi connectivity index (χ1v) is 5.98. The van der Waals surface area contributed by atoms with Crippen molar-refractivity contribution in [3.05, 3.63) is 47.9 Å². The second-order valence-corrected chi connectivity index (χ2v) is 4.41. The molecule has 1 fully saturated rings. The van der Waals surface area contributed by atoms with Gasteiger partial charge in [0.25, 0.3) is 0 Å². The Labute approximate surface area is 104 Å². The normalized spacial score (nSPS) is 14.5. The van der Waals surface area contributed by atoms with Gasteiger partial charge in [-0.3, -0.25) is 4.98 Å². The highest BCUT2D eigenvalue weighted by molar-refractivity contribution is 5.39. The van der Waals surface area contributed by atoms with E-state index in [0.717, 1.165) is 18.4 Å². The Morgan fingerprint density at radius 1 is 1.33 bits per heavy atom. The molecule has 0 aliphatic heterocycles. The van der Waals surface area contributed by atoms with Crippen molar-refractivity contribution in [3.8, 4) is 0 Å². The van der Waals surface area contributed by atoms with Crippen LogP contribution >= 0.6 is 0 Å². The standard InChI is InChI=1S/C13H13FN4/c14-11-12(10-3-4-10)17-8-18-13(11)16-7-9-2-1-5-15-6-9/h1-2,5-6,8,10H,3-4,7H2,(H,16,17,18). The van der Waals surface area contributed by atoms with E-state index in [1.807, 2.05) is 12.1 Å². The van der Waals surface area contributed by atoms with Crippen LogP contribution in [-0.4, -0.2) is 15.0 Å². The maximum absolute atomic E-state index is 14.1. The summed E-state index contributed by atoms with van der Waals surface area (Å²) < 4.78 is 14.1. The molecule has 1 saturated carbocycles. The molecule has 18 heavy (non-hydrogen) atoms. The van der Waals surface area contributed by atoms with E-state index in [1.54, 1.807) is 12.4 Å². The topological polar surface area (TPSA) is 50.7 Å². The van der Waals surface area contributed by atoms with Crippen molar-refractivity contribution >= 4 is 5.82 Å². The van der Waals surface area contributed by atoms with Gasteiger partial charge >= 0.3 is 0 Å². The van der Waals surface area contributed by atoms with E-state index in [0.29, 0.717) is 12.2 Å². The molecule has 0 spiro atoms. The summed E-state index contributed by atoms with van der Waals surface area (Å²) in [6, 6.07) is 3.78. The largest absolute Gasteiger partial charge is 0.363 e. The first-order valence-electron chi connectivity index (χ1n) is 5.98. The molecular weight excluding hydrogens is 231 g/mol. The lowest BCUT2D eigenvalue weighted by Gasteiger charge is -2.08. The van der Waals surface area contributed by atoms with Gasteiger partial charge in [0, 0.05) is 24.9 Å². The third-order valence-corrected chi connectivity index (χ3v) is 2.96. The van der Waals surface area contributed by atoms with Crippen LogP contribution in [0.15, 0.2) is 30.9 Å². The van der Waals surface area contributed by atoms with E-state index in [-0.39, 0.29) is 17.6 Å². The Bertz CT molecular complexity index is 540. The molecule has 0 bridgehead atoms. The molecule has 1 aliphatic carbocycles. The summed E-state index contributed by atoms with van der Waals surface area (Å²) in [6.07, 6.45) is 6.92. The number of aromatic nitrogens is 3. The predicted molar refractivity (Wildman–Crippen MR) is 65.5 cm³/mol. The lowest BCUT2D eigenvalue weighted by Crippen LogP contribution is -2.06. The van der Waals surface area contributed by atoms with Crippen LogP contribution in [0.1, 0.15) is 30.0 Å². The van der Waals surface area contributed by atoms with E-state index in [1.165, 1.54) is 6.33 Å². The lowest BCUT2D eigenvalue weighted by atomic mass is 10.2. The van der Waals surface area contributed by atoms with Gasteiger partial charge in [-0.1, -0.05) is 6.07 Å². The van der Waals surface area contributed by atoms with Gasteiger partial charge in [0.15, 0.2) is 11.6 Å². The highest BCUT2D eigenvalue weighted by atomic mass is 19.1. The Kier molecular flexibility index (Phi) is 2.88. The highest BCUT2D eigenvalue weighted by Gasteiger charge is 2.29. The van der Waals surface area contributed by atoms with Gasteiger partial charge in [0.05, 0.1) is 5.69 Å². The average molecular weight is 244 g/mol. The number of hydrogen-bond donors (Lipinski definition) is 1. The number of rotatable bonds is 4. The van der Waals surface area contributed by atoms with Gasteiger partial charge in [-0.15, -0.1) is 0 Å². The summed E-state index contributed by atoms with van der Waals surface area (Å²) in [6.45, 7) is 0.506. The van der Waals surface area contributed by atoms with Crippen LogP contribution in [0.5, 0.6) is 0 Å². The van der Waals surface area contributed by atoms with Gasteiger partial charge in [-0.2, -0.15) is 0 Å². The molecule has 3 rings (SSSR count). The third-order valence-electron chi connectivity index (χ3n) is 2.96. The van der Waals surface area contributed by atoms with E-state index in [4.69, 9.17) is 0 Å². The molecular formula is C13H13FN4. The minimum Gasteiger partial charge on any atom is -0.363 e. The molecule has 0 saturated heterocycles. The predicted octanol–water partition coefficient (Wildman–Crippen LogP) is 2.50. The molecule has 1 N–H and O–H groups in total. The number of hydrogen-bond acceptors (Lipinski definition) is 4. The summed E-state index contributed by atoms with van der Waals surface area (Å²) in [7, 11) is 0. The maximum atomic E-state index is 14.1. The Balaban J connectivity index is 1.74. The third kappa shape index (κ3) is 2.30. The maximum Gasteiger partial charge on any atom is 0.187 e. The minimum atomic E-state index is -0.316. The molecule has 0 unspecified atom stereocenters. The zero-order valence-electron chi connectivity index (χ0n) is 9.81. The van der Waals surface area contributed by atoms with Crippen molar-refractivity contribution in [1.82, 2.24) is 15.0 Å². The number of anilines is 1. The number of halogens is 1. The zero-order chi connectivity index (χ0) is 12.4. The molecule has 2 aromatic heterocycles. The van der Waals surface area contributed by atoms with Crippen LogP contribution in [0.2, 0.25) is 0 Å². The highest BCUT2D eigenvalue weighted by Crippen LogP contribution is 2.40. The molecule has 1 aliphatic rings. The monoisotopic (exact) mass is 244 g/mol. The molecule has 5 heteroatoms. The molecule has 0 amide bonds. The van der Waals surface area contributed by atoms with Gasteiger partial charge in [0.1, 0.15) is 6.33 Å². The minimum absolute atomic E-state index is 0.274. The second kappa shape index (κ2) is 4.68. The van der Waals surface area contributed by atoms with Gasteiger partial charge < -0.3 is 5.32 Å². The Hall–Kier alpha value is -2.04. The zero-order valence-corrected chi connectivity index (χ0v) is 9.81. The smallest absolute Gasteiger partial charge is 0.187 e. The van der Waals surface area contributed by atoms with Crippen LogP contribution < -0.4 is 5.32 Å². The molecule has 92 valence electrons. The number of pyridine rings is 1. The van der Waals surface area contributed by atoms with Gasteiger partial charge in [-0.05, 0) is 24.5 Å². The van der Waals surface area contributed by atoms with Crippen LogP contribution in [0, 0.1) is 5.82 Å². The fraction of sp³-hybridized carbons (Fsp3) is 0.308. The van der Waals surface area contributed by atoms with Crippen LogP contribution in [-0.2, 0) is 6.54 Å². The van der Waals surface area contributed by atoms with E-state index in [9.17, 15) is 4.39 Å². The summed E-state index contributed by atoms with van der Waals surface area (Å²) in [5.41, 5.74) is 1.53. The molecule has 0 aromatic carbocycles. The summed E-state index contributed by atoms with van der Waals surface area (Å²) in [4.78, 5) is 12.0. The van der Waals surface area contributed by atoms with Crippen LogP contribution in [0.4, 0.5) is 10.2 Å². The summed E-state index contributed by atoms with van der Waals surface area (Å²) >= 11 is 0. The second-order valence-electron chi connectivity index (χ2n) is 4.41. The SMILES string of the molecule is Fc1c(NCc2cccnc2)ncnc1C1CC1. The number of nitrogens with zero attached hydrogens (tertiary/aromatic N) is 3. The molecule has 4 nitrogen and oxygen atoms in total. The van der Waals surface area contributed by atoms with E-state index < -0.39 is 0 Å².